The average molecular weight is 279 g/mol. The van der Waals surface area contributed by atoms with Gasteiger partial charge in [0.15, 0.2) is 0 Å². The normalized spacial score (nSPS) is 19.1. The molecule has 2 rings (SSSR count). The molecule has 108 valence electrons. The number of imide groups is 1. The molecule has 1 unspecified atom stereocenters. The van der Waals surface area contributed by atoms with Gasteiger partial charge in [-0.15, -0.1) is 0 Å². The van der Waals surface area contributed by atoms with Crippen molar-refractivity contribution in [3.8, 4) is 0 Å². The zero-order valence-electron chi connectivity index (χ0n) is 11.6. The highest BCUT2D eigenvalue weighted by molar-refractivity contribution is 6.08. The van der Waals surface area contributed by atoms with E-state index in [1.54, 1.807) is 14.0 Å². The van der Waals surface area contributed by atoms with Gasteiger partial charge in [-0.1, -0.05) is 6.92 Å². The summed E-state index contributed by atoms with van der Waals surface area (Å²) >= 11 is 0. The molecule has 0 saturated carbocycles. The number of hydrogen-bond donors (Lipinski definition) is 2. The van der Waals surface area contributed by atoms with Gasteiger partial charge >= 0.3 is 0 Å². The first kappa shape index (κ1) is 14.0. The molecule has 0 aliphatic carbocycles. The Morgan fingerprint density at radius 2 is 2.15 bits per heavy atom. The zero-order valence-corrected chi connectivity index (χ0v) is 11.6. The third-order valence-corrected chi connectivity index (χ3v) is 3.38. The fourth-order valence-corrected chi connectivity index (χ4v) is 2.21. The van der Waals surface area contributed by atoms with Gasteiger partial charge in [0.2, 0.25) is 11.8 Å². The first-order chi connectivity index (χ1) is 9.36. The van der Waals surface area contributed by atoms with E-state index in [4.69, 9.17) is 5.73 Å². The first-order valence-electron chi connectivity index (χ1n) is 6.32. The van der Waals surface area contributed by atoms with Crippen molar-refractivity contribution in [1.29, 1.82) is 0 Å². The van der Waals surface area contributed by atoms with E-state index in [2.05, 4.69) is 10.4 Å². The number of carbonyl (C=O) groups is 3. The molecular formula is C12H17N5O3. The van der Waals surface area contributed by atoms with Crippen molar-refractivity contribution < 1.29 is 14.4 Å². The molecule has 3 amide bonds. The lowest BCUT2D eigenvalue weighted by Crippen LogP contribution is -2.58. The zero-order chi connectivity index (χ0) is 15.0. The van der Waals surface area contributed by atoms with Gasteiger partial charge < -0.3 is 10.6 Å². The third-order valence-electron chi connectivity index (χ3n) is 3.38. The van der Waals surface area contributed by atoms with E-state index in [0.717, 1.165) is 0 Å². The smallest absolute Gasteiger partial charge is 0.275 e. The highest BCUT2D eigenvalue weighted by Gasteiger charge is 2.36. The molecule has 0 radical (unpaired) electrons. The van der Waals surface area contributed by atoms with Crippen LogP contribution in [-0.2, 0) is 23.1 Å². The molecule has 0 spiro atoms. The number of piperazine rings is 1. The topological polar surface area (TPSA) is 110 Å². The van der Waals surface area contributed by atoms with Gasteiger partial charge in [0.25, 0.3) is 5.91 Å². The molecule has 1 aliphatic heterocycles. The van der Waals surface area contributed by atoms with Crippen LogP contribution in [-0.4, -0.2) is 45.0 Å². The lowest BCUT2D eigenvalue weighted by molar-refractivity contribution is -0.138. The highest BCUT2D eigenvalue weighted by atomic mass is 16.2. The van der Waals surface area contributed by atoms with Crippen LogP contribution in [0.4, 0.5) is 5.69 Å². The molecule has 0 aromatic carbocycles. The van der Waals surface area contributed by atoms with Gasteiger partial charge in [0.1, 0.15) is 18.3 Å². The van der Waals surface area contributed by atoms with E-state index in [1.165, 1.54) is 9.58 Å². The van der Waals surface area contributed by atoms with Crippen LogP contribution < -0.4 is 11.1 Å². The summed E-state index contributed by atoms with van der Waals surface area (Å²) in [5, 5.41) is 6.35. The number of hydrogen-bond acceptors (Lipinski definition) is 5. The Labute approximate surface area is 115 Å². The van der Waals surface area contributed by atoms with Crippen molar-refractivity contribution in [3.63, 3.8) is 0 Å². The van der Waals surface area contributed by atoms with Crippen molar-refractivity contribution in [3.05, 3.63) is 11.4 Å². The molecule has 0 bridgehead atoms. The Morgan fingerprint density at radius 1 is 1.50 bits per heavy atom. The summed E-state index contributed by atoms with van der Waals surface area (Å²) in [5.41, 5.74) is 7.04. The molecule has 8 nitrogen and oxygen atoms in total. The van der Waals surface area contributed by atoms with E-state index in [0.29, 0.717) is 17.8 Å². The van der Waals surface area contributed by atoms with Gasteiger partial charge in [-0.05, 0) is 13.3 Å². The second kappa shape index (κ2) is 4.95. The minimum atomic E-state index is -0.723. The van der Waals surface area contributed by atoms with Crippen molar-refractivity contribution in [2.75, 3.05) is 12.3 Å². The van der Waals surface area contributed by atoms with Crippen LogP contribution in [0.25, 0.3) is 0 Å². The Hall–Kier alpha value is -2.38. The van der Waals surface area contributed by atoms with Gasteiger partial charge in [-0.2, -0.15) is 5.10 Å². The van der Waals surface area contributed by atoms with Crippen LogP contribution in [0.5, 0.6) is 0 Å². The van der Waals surface area contributed by atoms with E-state index in [-0.39, 0.29) is 12.2 Å². The van der Waals surface area contributed by atoms with Gasteiger partial charge in [0, 0.05) is 7.05 Å². The Morgan fingerprint density at radius 3 is 2.70 bits per heavy atom. The molecule has 1 aromatic rings. The lowest BCUT2D eigenvalue weighted by Gasteiger charge is -2.31. The number of nitrogens with two attached hydrogens (primary N) is 1. The number of anilines is 1. The molecule has 8 heteroatoms. The van der Waals surface area contributed by atoms with Crippen molar-refractivity contribution in [2.45, 2.75) is 26.3 Å². The maximum absolute atomic E-state index is 12.5. The molecule has 20 heavy (non-hydrogen) atoms. The third kappa shape index (κ3) is 2.13. The number of aromatic nitrogens is 2. The second-order valence-corrected chi connectivity index (χ2v) is 4.71. The largest absolute Gasteiger partial charge is 0.395 e. The van der Waals surface area contributed by atoms with Crippen molar-refractivity contribution in [2.24, 2.45) is 7.05 Å². The van der Waals surface area contributed by atoms with Gasteiger partial charge in [-0.25, -0.2) is 0 Å². The number of aryl methyl sites for hydroxylation is 2. The summed E-state index contributed by atoms with van der Waals surface area (Å²) in [6, 6.07) is -0.723. The van der Waals surface area contributed by atoms with Crippen LogP contribution in [0.15, 0.2) is 0 Å². The van der Waals surface area contributed by atoms with Crippen LogP contribution >= 0.6 is 0 Å². The van der Waals surface area contributed by atoms with Crippen molar-refractivity contribution in [1.82, 2.24) is 20.0 Å². The standard InChI is InChI=1S/C12H17N5O3/c1-4-7-9(13)10(16(3)15-7)12(20)17-5-8(18)14-11(19)6(17)2/h6H,4-5,13H2,1-3H3,(H,14,18,19). The minimum Gasteiger partial charge on any atom is -0.395 e. The number of rotatable bonds is 2. The number of nitrogen functional groups attached to an aromatic ring is 1. The number of nitrogens with one attached hydrogen (secondary N) is 1. The van der Waals surface area contributed by atoms with Gasteiger partial charge in [0.05, 0.1) is 11.4 Å². The SMILES string of the molecule is CCc1nn(C)c(C(=O)N2CC(=O)NC(=O)C2C)c1N. The molecule has 1 saturated heterocycles. The Balaban J connectivity index is 2.38. The summed E-state index contributed by atoms with van der Waals surface area (Å²) in [7, 11) is 1.61. The minimum absolute atomic E-state index is 0.169. The summed E-state index contributed by atoms with van der Waals surface area (Å²) in [5.74, 6) is -1.46. The number of amides is 3. The van der Waals surface area contributed by atoms with E-state index >= 15 is 0 Å². The maximum atomic E-state index is 12.5. The molecule has 1 atom stereocenters. The monoisotopic (exact) mass is 279 g/mol. The first-order valence-corrected chi connectivity index (χ1v) is 6.32. The van der Waals surface area contributed by atoms with Crippen LogP contribution in [0.1, 0.15) is 30.0 Å². The van der Waals surface area contributed by atoms with Crippen molar-refractivity contribution >= 4 is 23.4 Å². The lowest BCUT2D eigenvalue weighted by atomic mass is 10.1. The summed E-state index contributed by atoms with van der Waals surface area (Å²) in [4.78, 5) is 36.7. The summed E-state index contributed by atoms with van der Waals surface area (Å²) in [6.45, 7) is 3.28. The summed E-state index contributed by atoms with van der Waals surface area (Å²) < 4.78 is 1.39. The fourth-order valence-electron chi connectivity index (χ4n) is 2.21. The highest BCUT2D eigenvalue weighted by Crippen LogP contribution is 2.20. The van der Waals surface area contributed by atoms with E-state index < -0.39 is 23.8 Å². The average Bonchev–Trinajstić information content (AvgIpc) is 2.67. The summed E-state index contributed by atoms with van der Waals surface area (Å²) in [6.07, 6.45) is 0.599. The Kier molecular flexibility index (Phi) is 3.47. The van der Waals surface area contributed by atoms with E-state index in [9.17, 15) is 14.4 Å². The predicted octanol–water partition coefficient (Wildman–Crippen LogP) is -0.948. The molecule has 3 N–H and O–H groups in total. The van der Waals surface area contributed by atoms with Gasteiger partial charge in [-0.3, -0.25) is 24.4 Å². The van der Waals surface area contributed by atoms with Crippen LogP contribution in [0, 0.1) is 0 Å². The maximum Gasteiger partial charge on any atom is 0.275 e. The molecular weight excluding hydrogens is 262 g/mol. The fraction of sp³-hybridized carbons (Fsp3) is 0.500. The van der Waals surface area contributed by atoms with Crippen LogP contribution in [0.3, 0.4) is 0 Å². The van der Waals surface area contributed by atoms with Crippen LogP contribution in [0.2, 0.25) is 0 Å². The molecule has 1 fully saturated rings. The molecule has 1 aliphatic rings. The molecule has 2 heterocycles. The predicted molar refractivity (Wildman–Crippen MR) is 70.6 cm³/mol. The quantitative estimate of drug-likeness (QED) is 0.678. The molecule has 1 aromatic heterocycles. The second-order valence-electron chi connectivity index (χ2n) is 4.71. The number of nitrogens with zero attached hydrogens (tertiary/aromatic N) is 3. The van der Waals surface area contributed by atoms with E-state index in [1.807, 2.05) is 6.92 Å². The number of carbonyl (C=O) groups excluding carboxylic acids is 3. The Bertz CT molecular complexity index is 592.